The molecule has 0 bridgehead atoms. The largest absolute Gasteiger partial charge is 0.355 e. The van der Waals surface area contributed by atoms with Crippen molar-refractivity contribution >= 4 is 34.8 Å². The summed E-state index contributed by atoms with van der Waals surface area (Å²) < 4.78 is 7.13. The van der Waals surface area contributed by atoms with Crippen LogP contribution in [0.15, 0.2) is 59.1 Å². The van der Waals surface area contributed by atoms with Gasteiger partial charge in [0.05, 0.1) is 23.6 Å². The molecule has 4 rings (SSSR count). The predicted octanol–water partition coefficient (Wildman–Crippen LogP) is 5.76. The Kier molecular flexibility index (Phi) is 5.61. The van der Waals surface area contributed by atoms with E-state index in [2.05, 4.69) is 15.6 Å². The zero-order valence-electron chi connectivity index (χ0n) is 16.3. The number of amides is 1. The number of benzene rings is 2. The summed E-state index contributed by atoms with van der Waals surface area (Å²) in [7, 11) is 0. The Morgan fingerprint density at radius 2 is 1.83 bits per heavy atom. The van der Waals surface area contributed by atoms with Crippen LogP contribution in [0.3, 0.4) is 0 Å². The zero-order chi connectivity index (χ0) is 21.3. The number of carbonyl (C=O) groups is 1. The normalized spacial score (nSPS) is 10.9. The number of hydrogen-bond donors (Lipinski definition) is 1. The maximum atomic E-state index is 12.7. The first kappa shape index (κ1) is 20.2. The molecular formula is C22H18Cl2N4O2. The Balaban J connectivity index is 1.53. The summed E-state index contributed by atoms with van der Waals surface area (Å²) in [5, 5.41) is 12.6. The third-order valence-corrected chi connectivity index (χ3v) is 5.39. The summed E-state index contributed by atoms with van der Waals surface area (Å²) in [6.07, 6.45) is 0. The Morgan fingerprint density at radius 1 is 1.10 bits per heavy atom. The molecule has 2 aromatic heterocycles. The fraction of sp³-hybridized carbons (Fsp3) is 0.136. The highest BCUT2D eigenvalue weighted by atomic mass is 35.5. The maximum Gasteiger partial charge on any atom is 0.277 e. The number of aromatic nitrogens is 3. The number of rotatable bonds is 5. The lowest BCUT2D eigenvalue weighted by atomic mass is 10.1. The van der Waals surface area contributed by atoms with Crippen LogP contribution in [-0.4, -0.2) is 20.8 Å². The van der Waals surface area contributed by atoms with E-state index in [1.807, 2.05) is 42.8 Å². The van der Waals surface area contributed by atoms with Crippen LogP contribution in [0.25, 0.3) is 11.3 Å². The minimum absolute atomic E-state index is 0.178. The Hall–Kier alpha value is -3.09. The minimum atomic E-state index is -0.373. The van der Waals surface area contributed by atoms with Crippen molar-refractivity contribution in [2.24, 2.45) is 0 Å². The first-order valence-corrected chi connectivity index (χ1v) is 9.99. The summed E-state index contributed by atoms with van der Waals surface area (Å²) in [5.74, 6) is 0.113. The number of nitrogens with one attached hydrogen (secondary N) is 1. The highest BCUT2D eigenvalue weighted by molar-refractivity contribution is 6.31. The van der Waals surface area contributed by atoms with Crippen LogP contribution in [0.4, 0.5) is 5.69 Å². The number of hydrogen-bond acceptors (Lipinski definition) is 4. The minimum Gasteiger partial charge on any atom is -0.355 e. The fourth-order valence-corrected chi connectivity index (χ4v) is 3.45. The molecule has 0 unspecified atom stereocenters. The average molecular weight is 441 g/mol. The molecule has 1 N–H and O–H groups in total. The number of aryl methyl sites for hydroxylation is 1. The van der Waals surface area contributed by atoms with E-state index in [-0.39, 0.29) is 11.6 Å². The van der Waals surface area contributed by atoms with Gasteiger partial charge in [-0.2, -0.15) is 5.10 Å². The monoisotopic (exact) mass is 440 g/mol. The molecule has 30 heavy (non-hydrogen) atoms. The maximum absolute atomic E-state index is 12.7. The van der Waals surface area contributed by atoms with Gasteiger partial charge in [-0.25, -0.2) is 0 Å². The molecule has 0 spiro atoms. The van der Waals surface area contributed by atoms with Gasteiger partial charge in [0, 0.05) is 21.7 Å². The predicted molar refractivity (Wildman–Crippen MR) is 117 cm³/mol. The zero-order valence-corrected chi connectivity index (χ0v) is 17.8. The van der Waals surface area contributed by atoms with E-state index in [1.54, 1.807) is 30.3 Å². The van der Waals surface area contributed by atoms with Crippen molar-refractivity contribution in [3.05, 3.63) is 87.3 Å². The second-order valence-electron chi connectivity index (χ2n) is 6.83. The molecule has 0 atom stereocenters. The van der Waals surface area contributed by atoms with Gasteiger partial charge in [-0.05, 0) is 49.7 Å². The van der Waals surface area contributed by atoms with Gasteiger partial charge in [0.1, 0.15) is 0 Å². The van der Waals surface area contributed by atoms with Gasteiger partial charge in [0.2, 0.25) is 0 Å². The van der Waals surface area contributed by atoms with E-state index in [9.17, 15) is 4.79 Å². The molecule has 0 aliphatic heterocycles. The summed E-state index contributed by atoms with van der Waals surface area (Å²) in [6, 6.07) is 16.3. The summed E-state index contributed by atoms with van der Waals surface area (Å²) >= 11 is 12.2. The van der Waals surface area contributed by atoms with Crippen molar-refractivity contribution < 1.29 is 9.32 Å². The van der Waals surface area contributed by atoms with Crippen molar-refractivity contribution in [1.82, 2.24) is 14.9 Å². The quantitative estimate of drug-likeness (QED) is 0.427. The highest BCUT2D eigenvalue weighted by Gasteiger charge is 2.19. The second-order valence-corrected chi connectivity index (χ2v) is 7.68. The van der Waals surface area contributed by atoms with E-state index < -0.39 is 0 Å². The van der Waals surface area contributed by atoms with Crippen LogP contribution in [0.1, 0.15) is 27.4 Å². The smallest absolute Gasteiger partial charge is 0.277 e. The van der Waals surface area contributed by atoms with Crippen LogP contribution >= 0.6 is 23.2 Å². The number of halogens is 2. The van der Waals surface area contributed by atoms with Crippen LogP contribution < -0.4 is 5.32 Å². The van der Waals surface area contributed by atoms with E-state index >= 15 is 0 Å². The van der Waals surface area contributed by atoms with Gasteiger partial charge in [0.15, 0.2) is 11.5 Å². The molecule has 4 aromatic rings. The van der Waals surface area contributed by atoms with Gasteiger partial charge >= 0.3 is 0 Å². The van der Waals surface area contributed by atoms with Gasteiger partial charge in [-0.3, -0.25) is 9.48 Å². The summed E-state index contributed by atoms with van der Waals surface area (Å²) in [5.41, 5.74) is 4.08. The van der Waals surface area contributed by atoms with Gasteiger partial charge in [-0.1, -0.05) is 46.6 Å². The molecule has 2 heterocycles. The molecule has 6 nitrogen and oxygen atoms in total. The Bertz CT molecular complexity index is 1210. The molecule has 0 saturated heterocycles. The number of anilines is 1. The van der Waals surface area contributed by atoms with Crippen molar-refractivity contribution in [3.8, 4) is 11.3 Å². The lowest BCUT2D eigenvalue weighted by molar-refractivity contribution is 0.101. The number of nitrogens with zero attached hydrogens (tertiary/aromatic N) is 3. The molecule has 0 fully saturated rings. The van der Waals surface area contributed by atoms with E-state index in [4.69, 9.17) is 27.7 Å². The van der Waals surface area contributed by atoms with Crippen molar-refractivity contribution in [1.29, 1.82) is 0 Å². The topological polar surface area (TPSA) is 73.0 Å². The Labute approximate surface area is 183 Å². The lowest BCUT2D eigenvalue weighted by Gasteiger charge is -2.07. The average Bonchev–Trinajstić information content (AvgIpc) is 3.32. The van der Waals surface area contributed by atoms with Gasteiger partial charge < -0.3 is 9.84 Å². The molecule has 0 aliphatic rings. The molecule has 0 saturated carbocycles. The molecule has 152 valence electrons. The molecule has 0 radical (unpaired) electrons. The van der Waals surface area contributed by atoms with Crippen LogP contribution in [0.5, 0.6) is 0 Å². The SMILES string of the molecule is Cc1nn(Cc2ccccc2Cl)c(C)c1NC(=O)c1cc(-c2ccc(Cl)cc2)on1. The second kappa shape index (κ2) is 8.34. The van der Waals surface area contributed by atoms with Crippen LogP contribution in [0, 0.1) is 13.8 Å². The summed E-state index contributed by atoms with van der Waals surface area (Å²) in [6.45, 7) is 4.24. The highest BCUT2D eigenvalue weighted by Crippen LogP contribution is 2.25. The molecule has 2 aromatic carbocycles. The van der Waals surface area contributed by atoms with Crippen LogP contribution in [-0.2, 0) is 6.54 Å². The third-order valence-electron chi connectivity index (χ3n) is 4.77. The van der Waals surface area contributed by atoms with Crippen molar-refractivity contribution in [2.75, 3.05) is 5.32 Å². The van der Waals surface area contributed by atoms with Gasteiger partial charge in [0.25, 0.3) is 5.91 Å². The first-order chi connectivity index (χ1) is 14.4. The van der Waals surface area contributed by atoms with Crippen LogP contribution in [0.2, 0.25) is 10.0 Å². The van der Waals surface area contributed by atoms with Crippen molar-refractivity contribution in [3.63, 3.8) is 0 Å². The summed E-state index contributed by atoms with van der Waals surface area (Å²) in [4.78, 5) is 12.7. The molecule has 0 aliphatic carbocycles. The van der Waals surface area contributed by atoms with Crippen molar-refractivity contribution in [2.45, 2.75) is 20.4 Å². The Morgan fingerprint density at radius 3 is 2.57 bits per heavy atom. The van der Waals surface area contributed by atoms with E-state index in [1.165, 1.54) is 0 Å². The molecule has 8 heteroatoms. The standard InChI is InChI=1S/C22H18Cl2N4O2/c1-13-21(14(2)28(26-13)12-16-5-3-4-6-18(16)24)25-22(29)19-11-20(30-27-19)15-7-9-17(23)10-8-15/h3-11H,12H2,1-2H3,(H,25,29). The lowest BCUT2D eigenvalue weighted by Crippen LogP contribution is -2.13. The third kappa shape index (κ3) is 4.10. The van der Waals surface area contributed by atoms with E-state index in [0.29, 0.717) is 33.7 Å². The van der Waals surface area contributed by atoms with Gasteiger partial charge in [-0.15, -0.1) is 0 Å². The molecular weight excluding hydrogens is 423 g/mol. The molecule has 1 amide bonds. The fourth-order valence-electron chi connectivity index (χ4n) is 3.13. The first-order valence-electron chi connectivity index (χ1n) is 9.24. The van der Waals surface area contributed by atoms with E-state index in [0.717, 1.165) is 16.8 Å². The number of carbonyl (C=O) groups excluding carboxylic acids is 1.